The minimum Gasteiger partial charge on any atom is -0.497 e. The van der Waals surface area contributed by atoms with Crippen LogP contribution in [0.4, 0.5) is 0 Å². The summed E-state index contributed by atoms with van der Waals surface area (Å²) in [7, 11) is 1.64. The van der Waals surface area contributed by atoms with Crippen LogP contribution in [0.25, 0.3) is 0 Å². The number of methoxy groups -OCH3 is 1. The molecule has 0 N–H and O–H groups in total. The van der Waals surface area contributed by atoms with Gasteiger partial charge in [-0.2, -0.15) is 0 Å². The largest absolute Gasteiger partial charge is 0.497 e. The van der Waals surface area contributed by atoms with Gasteiger partial charge in [0.25, 0.3) is 0 Å². The van der Waals surface area contributed by atoms with Crippen LogP contribution in [0, 0.1) is 0 Å². The van der Waals surface area contributed by atoms with E-state index in [1.54, 1.807) is 7.11 Å². The number of allylic oxidation sites excluding steroid dienone is 1. The van der Waals surface area contributed by atoms with E-state index >= 15 is 0 Å². The number of rotatable bonds is 4. The normalized spacial score (nSPS) is 19.5. The second kappa shape index (κ2) is 5.84. The molecule has 3 nitrogen and oxygen atoms in total. The van der Waals surface area contributed by atoms with Crippen LogP contribution in [0.1, 0.15) is 18.9 Å². The van der Waals surface area contributed by atoms with Crippen LogP contribution >= 0.6 is 22.6 Å². The minimum atomic E-state index is -0.0634. The third-order valence-corrected chi connectivity index (χ3v) is 4.51. The van der Waals surface area contributed by atoms with Crippen molar-refractivity contribution >= 4 is 28.4 Å². The molecule has 1 aromatic carbocycles. The van der Waals surface area contributed by atoms with Gasteiger partial charge in [-0.25, -0.2) is 0 Å². The lowest BCUT2D eigenvalue weighted by molar-refractivity contribution is -0.115. The number of ketones is 1. The summed E-state index contributed by atoms with van der Waals surface area (Å²) in [6, 6.07) is 7.76. The van der Waals surface area contributed by atoms with Crippen molar-refractivity contribution in [2.75, 3.05) is 7.11 Å². The molecule has 0 saturated carbocycles. The van der Waals surface area contributed by atoms with Gasteiger partial charge in [0.15, 0.2) is 5.78 Å². The van der Waals surface area contributed by atoms with Crippen LogP contribution < -0.4 is 4.74 Å². The Balaban J connectivity index is 1.94. The van der Waals surface area contributed by atoms with E-state index in [4.69, 9.17) is 9.47 Å². The first kappa shape index (κ1) is 13.5. The lowest BCUT2D eigenvalue weighted by Crippen LogP contribution is -2.11. The first-order chi connectivity index (χ1) is 8.61. The fourth-order valence-electron chi connectivity index (χ4n) is 1.87. The third kappa shape index (κ3) is 2.92. The number of ether oxygens (including phenoxy) is 2. The monoisotopic (exact) mass is 358 g/mol. The molecular weight excluding hydrogens is 343 g/mol. The predicted octanol–water partition coefficient (Wildman–Crippen LogP) is 3.26. The highest BCUT2D eigenvalue weighted by atomic mass is 127. The Morgan fingerprint density at radius 1 is 1.33 bits per heavy atom. The van der Waals surface area contributed by atoms with Crippen LogP contribution in [0.5, 0.6) is 5.75 Å². The Kier molecular flexibility index (Phi) is 4.40. The number of halogens is 1. The SMILES string of the molecule is COc1ccc(CO[C@H]2CC(=O)C(I)=C2C)cc1. The van der Waals surface area contributed by atoms with Gasteiger partial charge < -0.3 is 9.47 Å². The number of Topliss-reactive ketones (excluding diaryl/α,β-unsaturated/α-hetero) is 1. The maximum atomic E-state index is 11.5. The molecule has 0 unspecified atom stereocenters. The van der Waals surface area contributed by atoms with Gasteiger partial charge in [-0.3, -0.25) is 4.79 Å². The number of hydrogen-bond donors (Lipinski definition) is 0. The van der Waals surface area contributed by atoms with Crippen molar-refractivity contribution in [2.24, 2.45) is 0 Å². The Hall–Kier alpha value is -0.880. The number of carbonyl (C=O) groups excluding carboxylic acids is 1. The summed E-state index contributed by atoms with van der Waals surface area (Å²) in [6.07, 6.45) is 0.409. The summed E-state index contributed by atoms with van der Waals surface area (Å²) in [5.74, 6) is 1.02. The molecule has 96 valence electrons. The van der Waals surface area contributed by atoms with Crippen molar-refractivity contribution in [1.82, 2.24) is 0 Å². The van der Waals surface area contributed by atoms with Crippen LogP contribution in [0.2, 0.25) is 0 Å². The second-order valence-electron chi connectivity index (χ2n) is 4.27. The predicted molar refractivity (Wildman–Crippen MR) is 77.9 cm³/mol. The van der Waals surface area contributed by atoms with E-state index in [1.165, 1.54) is 0 Å². The third-order valence-electron chi connectivity index (χ3n) is 3.06. The van der Waals surface area contributed by atoms with E-state index in [0.717, 1.165) is 20.5 Å². The summed E-state index contributed by atoms with van der Waals surface area (Å²) in [5.41, 5.74) is 2.13. The quantitative estimate of drug-likeness (QED) is 0.776. The van der Waals surface area contributed by atoms with Gasteiger partial charge in [0.2, 0.25) is 0 Å². The van der Waals surface area contributed by atoms with Gasteiger partial charge in [0.1, 0.15) is 5.75 Å². The molecule has 0 radical (unpaired) electrons. The molecule has 18 heavy (non-hydrogen) atoms. The van der Waals surface area contributed by atoms with Gasteiger partial charge in [0, 0.05) is 6.42 Å². The molecule has 2 rings (SSSR count). The zero-order valence-electron chi connectivity index (χ0n) is 10.4. The molecule has 0 bridgehead atoms. The zero-order chi connectivity index (χ0) is 13.1. The summed E-state index contributed by atoms with van der Waals surface area (Å²) in [6.45, 7) is 2.48. The van der Waals surface area contributed by atoms with Gasteiger partial charge >= 0.3 is 0 Å². The smallest absolute Gasteiger partial charge is 0.171 e. The van der Waals surface area contributed by atoms with Gasteiger partial charge in [0.05, 0.1) is 23.4 Å². The Morgan fingerprint density at radius 2 is 2.00 bits per heavy atom. The summed E-state index contributed by atoms with van der Waals surface area (Å²) < 4.78 is 11.7. The highest BCUT2D eigenvalue weighted by molar-refractivity contribution is 14.1. The van der Waals surface area contributed by atoms with E-state index < -0.39 is 0 Å². The summed E-state index contributed by atoms with van der Waals surface area (Å²) in [5, 5.41) is 0. The van der Waals surface area contributed by atoms with Crippen LogP contribution in [0.3, 0.4) is 0 Å². The van der Waals surface area contributed by atoms with E-state index in [-0.39, 0.29) is 11.9 Å². The molecule has 1 aromatic rings. The molecule has 0 amide bonds. The highest BCUT2D eigenvalue weighted by Gasteiger charge is 2.28. The Labute approximate surface area is 120 Å². The van der Waals surface area contributed by atoms with Gasteiger partial charge in [-0.05, 0) is 52.8 Å². The van der Waals surface area contributed by atoms with Crippen molar-refractivity contribution in [3.05, 3.63) is 39.0 Å². The van der Waals surface area contributed by atoms with Crippen LogP contribution in [0.15, 0.2) is 33.4 Å². The molecule has 0 heterocycles. The Morgan fingerprint density at radius 3 is 2.50 bits per heavy atom. The Bertz CT molecular complexity index is 476. The van der Waals surface area contributed by atoms with E-state index in [9.17, 15) is 4.79 Å². The molecule has 1 atom stereocenters. The molecule has 4 heteroatoms. The molecule has 1 aliphatic carbocycles. The number of carbonyl (C=O) groups is 1. The maximum absolute atomic E-state index is 11.5. The van der Waals surface area contributed by atoms with Crippen molar-refractivity contribution in [2.45, 2.75) is 26.1 Å². The molecule has 0 aliphatic heterocycles. The first-order valence-corrected chi connectivity index (χ1v) is 6.83. The number of benzene rings is 1. The molecule has 0 spiro atoms. The average Bonchev–Trinajstić information content (AvgIpc) is 2.64. The summed E-state index contributed by atoms with van der Waals surface area (Å²) >= 11 is 2.10. The lowest BCUT2D eigenvalue weighted by Gasteiger charge is -2.12. The maximum Gasteiger partial charge on any atom is 0.171 e. The molecular formula is C14H15IO3. The lowest BCUT2D eigenvalue weighted by atomic mass is 10.2. The van der Waals surface area contributed by atoms with Crippen LogP contribution in [-0.4, -0.2) is 19.0 Å². The molecule has 1 aliphatic rings. The van der Waals surface area contributed by atoms with Crippen molar-refractivity contribution in [3.63, 3.8) is 0 Å². The van der Waals surface area contributed by atoms with Gasteiger partial charge in [-0.15, -0.1) is 0 Å². The minimum absolute atomic E-state index is 0.0634. The van der Waals surface area contributed by atoms with Gasteiger partial charge in [-0.1, -0.05) is 12.1 Å². The average molecular weight is 358 g/mol. The van der Waals surface area contributed by atoms with E-state index in [1.807, 2.05) is 31.2 Å². The van der Waals surface area contributed by atoms with Crippen molar-refractivity contribution in [1.29, 1.82) is 0 Å². The first-order valence-electron chi connectivity index (χ1n) is 5.76. The standard InChI is InChI=1S/C14H15IO3/c1-9-13(7-12(16)14(9)15)18-8-10-3-5-11(17-2)6-4-10/h3-6,13H,7-8H2,1-2H3/t13-/m0/s1. The fraction of sp³-hybridized carbons (Fsp3) is 0.357. The van der Waals surface area contributed by atoms with Crippen molar-refractivity contribution in [3.8, 4) is 5.75 Å². The molecule has 0 aromatic heterocycles. The summed E-state index contributed by atoms with van der Waals surface area (Å²) in [4.78, 5) is 11.5. The number of hydrogen-bond acceptors (Lipinski definition) is 3. The highest BCUT2D eigenvalue weighted by Crippen LogP contribution is 2.30. The van der Waals surface area contributed by atoms with Crippen molar-refractivity contribution < 1.29 is 14.3 Å². The topological polar surface area (TPSA) is 35.5 Å². The van der Waals surface area contributed by atoms with Crippen LogP contribution in [-0.2, 0) is 16.1 Å². The zero-order valence-corrected chi connectivity index (χ0v) is 12.6. The van der Waals surface area contributed by atoms with E-state index in [2.05, 4.69) is 22.6 Å². The second-order valence-corrected chi connectivity index (χ2v) is 5.35. The molecule has 0 fully saturated rings. The fourth-order valence-corrected chi connectivity index (χ4v) is 2.44. The molecule has 0 saturated heterocycles. The van der Waals surface area contributed by atoms with E-state index in [0.29, 0.717) is 13.0 Å².